The first kappa shape index (κ1) is 18.5. The minimum Gasteiger partial charge on any atom is -0.322 e. The van der Waals surface area contributed by atoms with Gasteiger partial charge in [-0.1, -0.05) is 60.3 Å². The largest absolute Gasteiger partial charge is 0.322 e. The quantitative estimate of drug-likeness (QED) is 0.558. The molecule has 9 heteroatoms. The second-order valence-electron chi connectivity index (χ2n) is 5.13. The number of aromatic nitrogens is 3. The van der Waals surface area contributed by atoms with E-state index in [0.717, 1.165) is 14.4 Å². The Labute approximate surface area is 153 Å². The molecule has 2 heterocycles. The maximum absolute atomic E-state index is 12.2. The van der Waals surface area contributed by atoms with Crippen molar-refractivity contribution in [2.45, 2.75) is 34.7 Å². The molecule has 0 radical (unpaired) electrons. The maximum atomic E-state index is 12.2. The van der Waals surface area contributed by atoms with Gasteiger partial charge in [0.1, 0.15) is 0 Å². The van der Waals surface area contributed by atoms with Crippen LogP contribution in [0.25, 0.3) is 0 Å². The highest BCUT2D eigenvalue weighted by Crippen LogP contribution is 2.32. The molecular formula is C14H17ClN4OS3. The highest BCUT2D eigenvalue weighted by Gasteiger charge is 2.18. The molecule has 5 nitrogen and oxygen atoms in total. The van der Waals surface area contributed by atoms with Crippen LogP contribution in [-0.4, -0.2) is 32.1 Å². The van der Waals surface area contributed by atoms with Crippen LogP contribution in [0.1, 0.15) is 20.8 Å². The van der Waals surface area contributed by atoms with Crippen molar-refractivity contribution in [3.8, 4) is 0 Å². The van der Waals surface area contributed by atoms with Crippen LogP contribution in [-0.2, 0) is 4.79 Å². The number of amides is 1. The summed E-state index contributed by atoms with van der Waals surface area (Å²) in [6.45, 7) is 6.16. The fraction of sp³-hybridized carbons (Fsp3) is 0.429. The summed E-state index contributed by atoms with van der Waals surface area (Å²) in [5.41, 5.74) is 0.511. The Morgan fingerprint density at radius 3 is 2.78 bits per heavy atom. The lowest BCUT2D eigenvalue weighted by Crippen LogP contribution is -2.22. The van der Waals surface area contributed by atoms with E-state index in [0.29, 0.717) is 11.6 Å². The molecule has 0 unspecified atom stereocenters. The molecule has 0 saturated carbocycles. The molecule has 0 fully saturated rings. The first-order valence-corrected chi connectivity index (χ1v) is 10.1. The molecule has 1 amide bonds. The molecule has 0 aromatic carbocycles. The Kier molecular flexibility index (Phi) is 7.13. The minimum absolute atomic E-state index is 0.142. The predicted molar refractivity (Wildman–Crippen MR) is 98.7 cm³/mol. The number of hydrogen-bond acceptors (Lipinski definition) is 7. The first-order chi connectivity index (χ1) is 11.0. The number of rotatable bonds is 7. The normalized spacial score (nSPS) is 12.4. The number of carbonyl (C=O) groups is 1. The SMILES string of the molecule is CC(C)CSc1nnc(S[C@@H](C)C(=O)Nc2cccnc2Cl)s1. The van der Waals surface area contributed by atoms with Crippen molar-refractivity contribution in [2.24, 2.45) is 5.92 Å². The van der Waals surface area contributed by atoms with Crippen LogP contribution < -0.4 is 5.32 Å². The average molecular weight is 389 g/mol. The Balaban J connectivity index is 1.90. The van der Waals surface area contributed by atoms with Crippen molar-refractivity contribution in [1.29, 1.82) is 0 Å². The van der Waals surface area contributed by atoms with Gasteiger partial charge in [0.2, 0.25) is 5.91 Å². The van der Waals surface area contributed by atoms with Gasteiger partial charge in [-0.2, -0.15) is 0 Å². The molecule has 2 rings (SSSR count). The zero-order chi connectivity index (χ0) is 16.8. The van der Waals surface area contributed by atoms with Crippen molar-refractivity contribution in [3.63, 3.8) is 0 Å². The number of thioether (sulfide) groups is 2. The van der Waals surface area contributed by atoms with E-state index in [1.165, 1.54) is 23.1 Å². The van der Waals surface area contributed by atoms with Gasteiger partial charge in [0, 0.05) is 11.9 Å². The summed E-state index contributed by atoms with van der Waals surface area (Å²) in [7, 11) is 0. The van der Waals surface area contributed by atoms with Crippen molar-refractivity contribution >= 4 is 58.1 Å². The Hall–Kier alpha value is -0.830. The number of carbonyl (C=O) groups excluding carboxylic acids is 1. The highest BCUT2D eigenvalue weighted by atomic mass is 35.5. The van der Waals surface area contributed by atoms with Crippen LogP contribution in [0.15, 0.2) is 27.0 Å². The van der Waals surface area contributed by atoms with E-state index < -0.39 is 0 Å². The fourth-order valence-electron chi connectivity index (χ4n) is 1.46. The van der Waals surface area contributed by atoms with Gasteiger partial charge >= 0.3 is 0 Å². The lowest BCUT2D eigenvalue weighted by atomic mass is 10.3. The second kappa shape index (κ2) is 8.86. The lowest BCUT2D eigenvalue weighted by molar-refractivity contribution is -0.115. The standard InChI is InChI=1S/C14H17ClN4OS3/c1-8(2)7-21-13-18-19-14(23-13)22-9(3)12(20)17-10-5-4-6-16-11(10)15/h4-6,8-9H,7H2,1-3H3,(H,17,20)/t9-/m0/s1. The van der Waals surface area contributed by atoms with E-state index in [4.69, 9.17) is 11.6 Å². The number of anilines is 1. The molecule has 2 aromatic heterocycles. The molecular weight excluding hydrogens is 372 g/mol. The smallest absolute Gasteiger partial charge is 0.237 e. The van der Waals surface area contributed by atoms with Gasteiger partial charge in [-0.3, -0.25) is 4.79 Å². The van der Waals surface area contributed by atoms with Gasteiger partial charge in [-0.25, -0.2) is 4.98 Å². The third-order valence-electron chi connectivity index (χ3n) is 2.59. The molecule has 1 N–H and O–H groups in total. The number of hydrogen-bond donors (Lipinski definition) is 1. The summed E-state index contributed by atoms with van der Waals surface area (Å²) in [5.74, 6) is 1.47. The van der Waals surface area contributed by atoms with E-state index >= 15 is 0 Å². The van der Waals surface area contributed by atoms with Gasteiger partial charge < -0.3 is 5.32 Å². The summed E-state index contributed by atoms with van der Waals surface area (Å²) in [4.78, 5) is 16.2. The van der Waals surface area contributed by atoms with Crippen molar-refractivity contribution < 1.29 is 4.79 Å². The van der Waals surface area contributed by atoms with E-state index in [2.05, 4.69) is 34.3 Å². The zero-order valence-electron chi connectivity index (χ0n) is 12.9. The molecule has 23 heavy (non-hydrogen) atoms. The van der Waals surface area contributed by atoms with Gasteiger partial charge in [-0.15, -0.1) is 10.2 Å². The molecule has 0 saturated heterocycles. The maximum Gasteiger partial charge on any atom is 0.237 e. The number of nitrogens with zero attached hydrogens (tertiary/aromatic N) is 3. The first-order valence-electron chi connectivity index (χ1n) is 7.00. The lowest BCUT2D eigenvalue weighted by Gasteiger charge is -2.10. The van der Waals surface area contributed by atoms with Crippen LogP contribution in [0.2, 0.25) is 5.15 Å². The van der Waals surface area contributed by atoms with Gasteiger partial charge in [0.05, 0.1) is 10.9 Å². The monoisotopic (exact) mass is 388 g/mol. The van der Waals surface area contributed by atoms with Gasteiger partial charge in [0.15, 0.2) is 13.8 Å². The summed E-state index contributed by atoms with van der Waals surface area (Å²) >= 11 is 10.5. The minimum atomic E-state index is -0.304. The Bertz CT molecular complexity index is 665. The summed E-state index contributed by atoms with van der Waals surface area (Å²) in [5, 5.41) is 11.0. The zero-order valence-corrected chi connectivity index (χ0v) is 16.2. The van der Waals surface area contributed by atoms with Gasteiger partial charge in [-0.05, 0) is 25.0 Å². The summed E-state index contributed by atoms with van der Waals surface area (Å²) in [6.07, 6.45) is 1.58. The molecule has 0 aliphatic rings. The van der Waals surface area contributed by atoms with E-state index in [1.54, 1.807) is 30.1 Å². The molecule has 0 aliphatic carbocycles. The second-order valence-corrected chi connectivity index (χ2v) is 9.32. The topological polar surface area (TPSA) is 67.8 Å². The van der Waals surface area contributed by atoms with Crippen molar-refractivity contribution in [2.75, 3.05) is 11.1 Å². The average Bonchev–Trinajstić information content (AvgIpc) is 2.95. The van der Waals surface area contributed by atoms with E-state index in [-0.39, 0.29) is 16.3 Å². The molecule has 0 bridgehead atoms. The van der Waals surface area contributed by atoms with E-state index in [9.17, 15) is 4.79 Å². The Morgan fingerprint density at radius 2 is 2.09 bits per heavy atom. The van der Waals surface area contributed by atoms with Crippen LogP contribution in [0, 0.1) is 5.92 Å². The van der Waals surface area contributed by atoms with Crippen molar-refractivity contribution in [3.05, 3.63) is 23.5 Å². The predicted octanol–water partition coefficient (Wildman–Crippen LogP) is 4.45. The van der Waals surface area contributed by atoms with Crippen LogP contribution in [0.5, 0.6) is 0 Å². The summed E-state index contributed by atoms with van der Waals surface area (Å²) < 4.78 is 1.72. The van der Waals surface area contributed by atoms with Gasteiger partial charge in [0.25, 0.3) is 0 Å². The number of nitrogens with one attached hydrogen (secondary N) is 1. The third kappa shape index (κ3) is 5.95. The van der Waals surface area contributed by atoms with Crippen LogP contribution in [0.3, 0.4) is 0 Å². The van der Waals surface area contributed by atoms with E-state index in [1.807, 2.05) is 6.92 Å². The molecule has 2 aromatic rings. The Morgan fingerprint density at radius 1 is 1.35 bits per heavy atom. The number of pyridine rings is 1. The molecule has 124 valence electrons. The molecule has 1 atom stereocenters. The molecule has 0 aliphatic heterocycles. The van der Waals surface area contributed by atoms with Crippen molar-refractivity contribution in [1.82, 2.24) is 15.2 Å². The van der Waals surface area contributed by atoms with Crippen LogP contribution in [0.4, 0.5) is 5.69 Å². The molecule has 0 spiro atoms. The van der Waals surface area contributed by atoms with Crippen LogP contribution >= 0.6 is 46.5 Å². The number of halogens is 1. The fourth-order valence-corrected chi connectivity index (χ4v) is 4.77. The highest BCUT2D eigenvalue weighted by molar-refractivity contribution is 8.03. The summed E-state index contributed by atoms with van der Waals surface area (Å²) in [6, 6.07) is 3.44. The third-order valence-corrected chi connectivity index (χ3v) is 6.56.